The third-order valence-electron chi connectivity index (χ3n) is 2.14. The molecule has 7 heteroatoms. The summed E-state index contributed by atoms with van der Waals surface area (Å²) >= 11 is 0. The molecule has 88 valence electrons. The summed E-state index contributed by atoms with van der Waals surface area (Å²) in [7, 11) is 0. The Labute approximate surface area is 95.7 Å². The summed E-state index contributed by atoms with van der Waals surface area (Å²) in [6, 6.07) is 5.98. The molecule has 0 aliphatic carbocycles. The number of carboxylic acids is 1. The SMILES string of the molecule is O=C(O)Cc1nnnn1Cc1cccc(F)c1. The van der Waals surface area contributed by atoms with Gasteiger partial charge in [-0.2, -0.15) is 0 Å². The molecule has 0 spiro atoms. The first-order chi connectivity index (χ1) is 8.15. The van der Waals surface area contributed by atoms with Gasteiger partial charge in [0.25, 0.3) is 0 Å². The van der Waals surface area contributed by atoms with Gasteiger partial charge in [-0.3, -0.25) is 4.79 Å². The third-order valence-corrected chi connectivity index (χ3v) is 2.14. The minimum atomic E-state index is -1.01. The molecule has 1 heterocycles. The lowest BCUT2D eigenvalue weighted by Gasteiger charge is -2.03. The van der Waals surface area contributed by atoms with Crippen molar-refractivity contribution in [3.05, 3.63) is 41.5 Å². The fourth-order valence-corrected chi connectivity index (χ4v) is 1.42. The Morgan fingerprint density at radius 2 is 2.29 bits per heavy atom. The number of hydrogen-bond acceptors (Lipinski definition) is 4. The van der Waals surface area contributed by atoms with Crippen LogP contribution < -0.4 is 0 Å². The first-order valence-electron chi connectivity index (χ1n) is 4.86. The van der Waals surface area contributed by atoms with Crippen LogP contribution in [0.4, 0.5) is 4.39 Å². The molecule has 0 saturated heterocycles. The standard InChI is InChI=1S/C10H9FN4O2/c11-8-3-1-2-7(4-8)6-15-9(5-10(16)17)12-13-14-15/h1-4H,5-6H2,(H,16,17). The van der Waals surface area contributed by atoms with E-state index in [1.807, 2.05) is 0 Å². The van der Waals surface area contributed by atoms with Gasteiger partial charge in [0, 0.05) is 0 Å². The summed E-state index contributed by atoms with van der Waals surface area (Å²) in [5.74, 6) is -1.13. The van der Waals surface area contributed by atoms with Crippen molar-refractivity contribution < 1.29 is 14.3 Å². The maximum absolute atomic E-state index is 13.0. The van der Waals surface area contributed by atoms with Crippen molar-refractivity contribution in [2.75, 3.05) is 0 Å². The lowest BCUT2D eigenvalue weighted by molar-refractivity contribution is -0.136. The highest BCUT2D eigenvalue weighted by molar-refractivity contribution is 5.68. The number of carbonyl (C=O) groups is 1. The first-order valence-corrected chi connectivity index (χ1v) is 4.86. The zero-order valence-corrected chi connectivity index (χ0v) is 8.75. The molecule has 0 radical (unpaired) electrons. The van der Waals surface area contributed by atoms with E-state index in [1.165, 1.54) is 16.8 Å². The van der Waals surface area contributed by atoms with Crippen LogP contribution in [-0.2, 0) is 17.8 Å². The molecule has 2 rings (SSSR count). The van der Waals surface area contributed by atoms with Gasteiger partial charge >= 0.3 is 5.97 Å². The highest BCUT2D eigenvalue weighted by Gasteiger charge is 2.10. The molecule has 0 amide bonds. The number of tetrazole rings is 1. The van der Waals surface area contributed by atoms with Gasteiger partial charge < -0.3 is 5.11 Å². The van der Waals surface area contributed by atoms with E-state index in [0.29, 0.717) is 5.56 Å². The van der Waals surface area contributed by atoms with E-state index in [2.05, 4.69) is 15.5 Å². The van der Waals surface area contributed by atoms with E-state index < -0.39 is 5.97 Å². The number of aromatic nitrogens is 4. The van der Waals surface area contributed by atoms with Crippen molar-refractivity contribution in [3.63, 3.8) is 0 Å². The minimum Gasteiger partial charge on any atom is -0.481 e. The van der Waals surface area contributed by atoms with Crippen LogP contribution in [0.3, 0.4) is 0 Å². The number of aliphatic carboxylic acids is 1. The van der Waals surface area contributed by atoms with Crippen LogP contribution in [0, 0.1) is 5.82 Å². The van der Waals surface area contributed by atoms with Gasteiger partial charge in [-0.1, -0.05) is 12.1 Å². The lowest BCUT2D eigenvalue weighted by Crippen LogP contribution is -2.11. The van der Waals surface area contributed by atoms with E-state index in [4.69, 9.17) is 5.11 Å². The van der Waals surface area contributed by atoms with Crippen LogP contribution in [0.2, 0.25) is 0 Å². The Balaban J connectivity index is 2.18. The predicted molar refractivity (Wildman–Crippen MR) is 54.7 cm³/mol. The summed E-state index contributed by atoms with van der Waals surface area (Å²) < 4.78 is 14.3. The van der Waals surface area contributed by atoms with Crippen molar-refractivity contribution in [2.24, 2.45) is 0 Å². The molecular weight excluding hydrogens is 227 g/mol. The van der Waals surface area contributed by atoms with Gasteiger partial charge in [0.05, 0.1) is 6.54 Å². The molecule has 0 atom stereocenters. The Kier molecular flexibility index (Phi) is 3.08. The second-order valence-electron chi connectivity index (χ2n) is 3.45. The molecule has 17 heavy (non-hydrogen) atoms. The number of nitrogens with zero attached hydrogens (tertiary/aromatic N) is 4. The zero-order chi connectivity index (χ0) is 12.3. The van der Waals surface area contributed by atoms with Gasteiger partial charge in [0.2, 0.25) is 0 Å². The van der Waals surface area contributed by atoms with E-state index in [9.17, 15) is 9.18 Å². The van der Waals surface area contributed by atoms with E-state index >= 15 is 0 Å². The molecule has 6 nitrogen and oxygen atoms in total. The molecular formula is C10H9FN4O2. The number of hydrogen-bond donors (Lipinski definition) is 1. The Bertz CT molecular complexity index is 541. The van der Waals surface area contributed by atoms with Gasteiger partial charge in [-0.25, -0.2) is 9.07 Å². The average molecular weight is 236 g/mol. The molecule has 0 bridgehead atoms. The van der Waals surface area contributed by atoms with Gasteiger partial charge in [0.15, 0.2) is 5.82 Å². The van der Waals surface area contributed by atoms with E-state index in [1.54, 1.807) is 12.1 Å². The molecule has 1 aromatic carbocycles. The van der Waals surface area contributed by atoms with Gasteiger partial charge in [0.1, 0.15) is 12.2 Å². The topological polar surface area (TPSA) is 80.9 Å². The van der Waals surface area contributed by atoms with Crippen LogP contribution >= 0.6 is 0 Å². The molecule has 1 aromatic heterocycles. The van der Waals surface area contributed by atoms with Gasteiger partial charge in [-0.15, -0.1) is 5.10 Å². The molecule has 2 aromatic rings. The summed E-state index contributed by atoms with van der Waals surface area (Å²) in [5, 5.41) is 19.3. The molecule has 0 fully saturated rings. The Morgan fingerprint density at radius 3 is 3.00 bits per heavy atom. The summed E-state index contributed by atoms with van der Waals surface area (Å²) in [6.07, 6.45) is -0.262. The minimum absolute atomic E-state index is 0.238. The van der Waals surface area contributed by atoms with Crippen LogP contribution in [-0.4, -0.2) is 31.3 Å². The van der Waals surface area contributed by atoms with Crippen molar-refractivity contribution in [1.82, 2.24) is 20.2 Å². The first kappa shape index (κ1) is 11.2. The molecule has 1 N–H and O–H groups in total. The summed E-state index contributed by atoms with van der Waals surface area (Å²) in [4.78, 5) is 10.6. The molecule has 0 aliphatic rings. The maximum atomic E-state index is 13.0. The maximum Gasteiger partial charge on any atom is 0.311 e. The van der Waals surface area contributed by atoms with Crippen molar-refractivity contribution >= 4 is 5.97 Å². The van der Waals surface area contributed by atoms with E-state index in [0.717, 1.165) is 0 Å². The number of carboxylic acid groups (broad SMARTS) is 1. The van der Waals surface area contributed by atoms with Crippen LogP contribution in [0.25, 0.3) is 0 Å². The van der Waals surface area contributed by atoms with Crippen molar-refractivity contribution in [2.45, 2.75) is 13.0 Å². The fraction of sp³-hybridized carbons (Fsp3) is 0.200. The molecule has 0 unspecified atom stereocenters. The lowest BCUT2D eigenvalue weighted by atomic mass is 10.2. The zero-order valence-electron chi connectivity index (χ0n) is 8.75. The quantitative estimate of drug-likeness (QED) is 0.835. The normalized spacial score (nSPS) is 10.4. The highest BCUT2D eigenvalue weighted by atomic mass is 19.1. The smallest absolute Gasteiger partial charge is 0.311 e. The summed E-state index contributed by atoms with van der Waals surface area (Å²) in [5.41, 5.74) is 0.670. The van der Waals surface area contributed by atoms with Crippen LogP contribution in [0.1, 0.15) is 11.4 Å². The van der Waals surface area contributed by atoms with Crippen LogP contribution in [0.5, 0.6) is 0 Å². The third kappa shape index (κ3) is 2.83. The average Bonchev–Trinajstić information content (AvgIpc) is 2.65. The number of rotatable bonds is 4. The molecule has 0 aliphatic heterocycles. The largest absolute Gasteiger partial charge is 0.481 e. The molecule has 0 saturated carbocycles. The summed E-state index contributed by atoms with van der Waals surface area (Å²) in [6.45, 7) is 0.243. The van der Waals surface area contributed by atoms with Crippen molar-refractivity contribution in [3.8, 4) is 0 Å². The number of halogens is 1. The fourth-order valence-electron chi connectivity index (χ4n) is 1.42. The van der Waals surface area contributed by atoms with Gasteiger partial charge in [-0.05, 0) is 28.1 Å². The Morgan fingerprint density at radius 1 is 1.47 bits per heavy atom. The Hall–Kier alpha value is -2.31. The van der Waals surface area contributed by atoms with E-state index in [-0.39, 0.29) is 24.6 Å². The predicted octanol–water partition coefficient (Wildman–Crippen LogP) is 0.488. The second kappa shape index (κ2) is 4.69. The number of benzene rings is 1. The van der Waals surface area contributed by atoms with Crippen LogP contribution in [0.15, 0.2) is 24.3 Å². The highest BCUT2D eigenvalue weighted by Crippen LogP contribution is 2.06. The monoisotopic (exact) mass is 236 g/mol. The second-order valence-corrected chi connectivity index (χ2v) is 3.45. The van der Waals surface area contributed by atoms with Crippen molar-refractivity contribution in [1.29, 1.82) is 0 Å².